The Morgan fingerprint density at radius 2 is 1.96 bits per heavy atom. The van der Waals surface area contributed by atoms with Crippen molar-refractivity contribution >= 4 is 33.5 Å². The molecular weight excluding hydrogens is 384 g/mol. The lowest BCUT2D eigenvalue weighted by Crippen LogP contribution is -2.29. The molecule has 0 heterocycles. The monoisotopic (exact) mass is 406 g/mol. The molecule has 1 amide bonds. The van der Waals surface area contributed by atoms with Crippen LogP contribution in [0.3, 0.4) is 0 Å². The third-order valence-electron chi connectivity index (χ3n) is 3.49. The highest BCUT2D eigenvalue weighted by Gasteiger charge is 2.24. The van der Waals surface area contributed by atoms with Crippen LogP contribution < -0.4 is 5.32 Å². The number of hydroxylamine groups is 1. The third-order valence-corrected chi connectivity index (χ3v) is 5.49. The van der Waals surface area contributed by atoms with Crippen LogP contribution in [0.2, 0.25) is 5.02 Å². The first-order valence-electron chi connectivity index (χ1n) is 8.00. The predicted octanol–water partition coefficient (Wildman–Crippen LogP) is 1.99. The molecule has 0 aliphatic carbocycles. The topological polar surface area (TPSA) is 102 Å². The Hall–Kier alpha value is -1.68. The van der Waals surface area contributed by atoms with Crippen LogP contribution in [0, 0.1) is 0 Å². The minimum atomic E-state index is -3.95. The fraction of sp³-hybridized carbons (Fsp3) is 0.500. The number of hydrogen-bond acceptors (Lipinski definition) is 6. The Morgan fingerprint density at radius 3 is 2.58 bits per heavy atom. The molecule has 0 unspecified atom stereocenters. The SMILES string of the molecule is CCCCCNC(=O)COC(=O)c1cc(S(=O)(=O)N(C)OC)ccc1Cl. The number of amides is 1. The van der Waals surface area contributed by atoms with Crippen LogP contribution in [-0.2, 0) is 24.4 Å². The molecule has 0 aliphatic rings. The number of nitrogens with one attached hydrogen (secondary N) is 1. The van der Waals surface area contributed by atoms with Gasteiger partial charge in [-0.25, -0.2) is 13.2 Å². The number of unbranched alkanes of at least 4 members (excludes halogenated alkanes) is 2. The zero-order chi connectivity index (χ0) is 19.7. The Morgan fingerprint density at radius 1 is 1.27 bits per heavy atom. The molecule has 0 fully saturated rings. The number of benzene rings is 1. The second kappa shape index (κ2) is 10.5. The van der Waals surface area contributed by atoms with Gasteiger partial charge in [-0.15, -0.1) is 0 Å². The molecule has 0 bridgehead atoms. The maximum absolute atomic E-state index is 12.2. The lowest BCUT2D eigenvalue weighted by atomic mass is 10.2. The first-order valence-corrected chi connectivity index (χ1v) is 9.82. The molecule has 1 rings (SSSR count). The van der Waals surface area contributed by atoms with E-state index in [1.165, 1.54) is 26.3 Å². The van der Waals surface area contributed by atoms with Crippen molar-refractivity contribution in [2.45, 2.75) is 31.1 Å². The van der Waals surface area contributed by atoms with Gasteiger partial charge in [-0.1, -0.05) is 35.8 Å². The van der Waals surface area contributed by atoms with Gasteiger partial charge in [-0.3, -0.25) is 9.63 Å². The minimum Gasteiger partial charge on any atom is -0.452 e. The fourth-order valence-corrected chi connectivity index (χ4v) is 3.13. The summed E-state index contributed by atoms with van der Waals surface area (Å²) >= 11 is 5.95. The number of carbonyl (C=O) groups excluding carboxylic acids is 2. The van der Waals surface area contributed by atoms with Gasteiger partial charge in [-0.2, -0.15) is 0 Å². The maximum Gasteiger partial charge on any atom is 0.340 e. The number of esters is 1. The fourth-order valence-electron chi connectivity index (χ4n) is 1.93. The quantitative estimate of drug-likeness (QED) is 0.362. The molecule has 0 saturated heterocycles. The number of rotatable bonds is 10. The molecule has 0 saturated carbocycles. The second-order valence-corrected chi connectivity index (χ2v) is 7.72. The summed E-state index contributed by atoms with van der Waals surface area (Å²) in [6.45, 7) is 2.07. The molecule has 10 heteroatoms. The van der Waals surface area contributed by atoms with Gasteiger partial charge in [0.1, 0.15) is 0 Å². The summed E-state index contributed by atoms with van der Waals surface area (Å²) < 4.78 is 30.0. The van der Waals surface area contributed by atoms with E-state index >= 15 is 0 Å². The van der Waals surface area contributed by atoms with Crippen LogP contribution in [0.1, 0.15) is 36.5 Å². The van der Waals surface area contributed by atoms with Gasteiger partial charge >= 0.3 is 5.97 Å². The van der Waals surface area contributed by atoms with Gasteiger partial charge in [0.25, 0.3) is 15.9 Å². The average Bonchev–Trinajstić information content (AvgIpc) is 2.62. The number of ether oxygens (including phenoxy) is 1. The summed E-state index contributed by atoms with van der Waals surface area (Å²) in [6.07, 6.45) is 2.86. The molecule has 1 aromatic carbocycles. The van der Waals surface area contributed by atoms with E-state index in [0.717, 1.165) is 25.3 Å². The van der Waals surface area contributed by atoms with Gasteiger partial charge in [0.05, 0.1) is 22.6 Å². The molecule has 0 aromatic heterocycles. The van der Waals surface area contributed by atoms with Crippen molar-refractivity contribution in [1.29, 1.82) is 0 Å². The summed E-state index contributed by atoms with van der Waals surface area (Å²) in [5, 5.41) is 2.64. The highest BCUT2D eigenvalue weighted by molar-refractivity contribution is 7.89. The first kappa shape index (κ1) is 22.4. The van der Waals surface area contributed by atoms with E-state index in [1.807, 2.05) is 6.92 Å². The molecule has 26 heavy (non-hydrogen) atoms. The first-order chi connectivity index (χ1) is 12.2. The largest absolute Gasteiger partial charge is 0.452 e. The van der Waals surface area contributed by atoms with Gasteiger partial charge in [0, 0.05) is 13.6 Å². The standard InChI is InChI=1S/C16H23ClN2O6S/c1-4-5-6-9-18-15(20)11-25-16(21)13-10-12(7-8-14(13)17)26(22,23)19(2)24-3/h7-8,10H,4-6,9,11H2,1-3H3,(H,18,20). The maximum atomic E-state index is 12.2. The van der Waals surface area contributed by atoms with Crippen molar-refractivity contribution in [2.75, 3.05) is 27.3 Å². The van der Waals surface area contributed by atoms with E-state index < -0.39 is 28.5 Å². The zero-order valence-corrected chi connectivity index (χ0v) is 16.5. The molecule has 1 aromatic rings. The Kier molecular flexibility index (Phi) is 9.00. The van der Waals surface area contributed by atoms with Crippen LogP contribution in [0.5, 0.6) is 0 Å². The van der Waals surface area contributed by atoms with E-state index in [-0.39, 0.29) is 15.5 Å². The summed E-state index contributed by atoms with van der Waals surface area (Å²) in [4.78, 5) is 28.3. The average molecular weight is 407 g/mol. The highest BCUT2D eigenvalue weighted by Crippen LogP contribution is 2.23. The summed E-state index contributed by atoms with van der Waals surface area (Å²) in [6, 6.07) is 3.58. The van der Waals surface area contributed by atoms with Crippen molar-refractivity contribution in [1.82, 2.24) is 9.79 Å². The van der Waals surface area contributed by atoms with Crippen molar-refractivity contribution in [3.8, 4) is 0 Å². The normalized spacial score (nSPS) is 11.4. The van der Waals surface area contributed by atoms with Crippen molar-refractivity contribution in [2.24, 2.45) is 0 Å². The Bertz CT molecular complexity index is 738. The minimum absolute atomic E-state index is 0.0115. The van der Waals surface area contributed by atoms with E-state index in [1.54, 1.807) is 0 Å². The number of halogens is 1. The van der Waals surface area contributed by atoms with Crippen molar-refractivity contribution in [3.05, 3.63) is 28.8 Å². The van der Waals surface area contributed by atoms with Crippen LogP contribution in [0.4, 0.5) is 0 Å². The lowest BCUT2D eigenvalue weighted by molar-refractivity contribution is -0.124. The van der Waals surface area contributed by atoms with E-state index in [0.29, 0.717) is 11.0 Å². The number of sulfonamides is 1. The van der Waals surface area contributed by atoms with E-state index in [2.05, 4.69) is 10.2 Å². The molecule has 146 valence electrons. The third kappa shape index (κ3) is 6.24. The predicted molar refractivity (Wildman–Crippen MR) is 96.2 cm³/mol. The summed E-state index contributed by atoms with van der Waals surface area (Å²) in [7, 11) is -1.54. The summed E-state index contributed by atoms with van der Waals surface area (Å²) in [5.74, 6) is -1.33. The van der Waals surface area contributed by atoms with Gasteiger partial charge in [0.15, 0.2) is 6.61 Å². The number of carbonyl (C=O) groups is 2. The second-order valence-electron chi connectivity index (χ2n) is 5.37. The summed E-state index contributed by atoms with van der Waals surface area (Å²) in [5.41, 5.74) is -0.156. The van der Waals surface area contributed by atoms with Gasteiger partial charge in [-0.05, 0) is 24.6 Å². The number of hydrogen-bond donors (Lipinski definition) is 1. The molecule has 8 nitrogen and oxygen atoms in total. The Balaban J connectivity index is 2.78. The van der Waals surface area contributed by atoms with Crippen LogP contribution in [0.25, 0.3) is 0 Å². The highest BCUT2D eigenvalue weighted by atomic mass is 35.5. The van der Waals surface area contributed by atoms with Gasteiger partial charge < -0.3 is 10.1 Å². The van der Waals surface area contributed by atoms with Crippen LogP contribution >= 0.6 is 11.6 Å². The van der Waals surface area contributed by atoms with E-state index in [9.17, 15) is 18.0 Å². The molecule has 1 N–H and O–H groups in total. The number of nitrogens with zero attached hydrogens (tertiary/aromatic N) is 1. The smallest absolute Gasteiger partial charge is 0.340 e. The lowest BCUT2D eigenvalue weighted by Gasteiger charge is -2.15. The molecule has 0 radical (unpaired) electrons. The molecule has 0 aliphatic heterocycles. The van der Waals surface area contributed by atoms with Crippen LogP contribution in [-0.4, -0.2) is 52.1 Å². The molecule has 0 spiro atoms. The van der Waals surface area contributed by atoms with Crippen LogP contribution in [0.15, 0.2) is 23.1 Å². The zero-order valence-electron chi connectivity index (χ0n) is 15.0. The Labute approximate surface area is 158 Å². The van der Waals surface area contributed by atoms with Crippen molar-refractivity contribution < 1.29 is 27.6 Å². The van der Waals surface area contributed by atoms with Gasteiger partial charge in [0.2, 0.25) is 0 Å². The van der Waals surface area contributed by atoms with E-state index in [4.69, 9.17) is 16.3 Å². The molecular formula is C16H23ClN2O6S. The molecule has 0 atom stereocenters. The van der Waals surface area contributed by atoms with Crippen molar-refractivity contribution in [3.63, 3.8) is 0 Å².